The van der Waals surface area contributed by atoms with E-state index >= 15 is 0 Å². The van der Waals surface area contributed by atoms with Crippen molar-refractivity contribution in [1.82, 2.24) is 0 Å². The molecule has 2 aromatic carbocycles. The van der Waals surface area contributed by atoms with Crippen LogP contribution >= 0.6 is 27.5 Å². The lowest BCUT2D eigenvalue weighted by Gasteiger charge is -2.14. The van der Waals surface area contributed by atoms with Gasteiger partial charge in [-0.15, -0.1) is 0 Å². The van der Waals surface area contributed by atoms with E-state index in [2.05, 4.69) is 15.9 Å². The van der Waals surface area contributed by atoms with Gasteiger partial charge in [0.2, 0.25) is 0 Å². The third-order valence-corrected chi connectivity index (χ3v) is 3.32. The summed E-state index contributed by atoms with van der Waals surface area (Å²) in [5.41, 5.74) is 0.705. The van der Waals surface area contributed by atoms with Gasteiger partial charge in [-0.1, -0.05) is 45.7 Å². The molecule has 0 bridgehead atoms. The van der Waals surface area contributed by atoms with E-state index < -0.39 is 11.9 Å². The number of hydrogen-bond acceptors (Lipinski definition) is 1. The molecule has 0 aliphatic rings. The molecule has 0 saturated heterocycles. The second-order valence-electron chi connectivity index (χ2n) is 3.59. The molecule has 0 saturated carbocycles. The highest BCUT2D eigenvalue weighted by Crippen LogP contribution is 2.30. The minimum atomic E-state index is -1.06. The Labute approximate surface area is 112 Å². The summed E-state index contributed by atoms with van der Waals surface area (Å²) in [4.78, 5) is 0. The maximum absolute atomic E-state index is 13.6. The Morgan fingerprint density at radius 1 is 1.12 bits per heavy atom. The van der Waals surface area contributed by atoms with E-state index in [1.807, 2.05) is 0 Å². The number of aliphatic hydroxyl groups excluding tert-OH is 1. The van der Waals surface area contributed by atoms with Gasteiger partial charge >= 0.3 is 0 Å². The van der Waals surface area contributed by atoms with Crippen molar-refractivity contribution in [2.24, 2.45) is 0 Å². The van der Waals surface area contributed by atoms with E-state index in [1.54, 1.807) is 30.3 Å². The summed E-state index contributed by atoms with van der Waals surface area (Å²) < 4.78 is 14.5. The Morgan fingerprint density at radius 3 is 2.35 bits per heavy atom. The van der Waals surface area contributed by atoms with Crippen LogP contribution in [0.3, 0.4) is 0 Å². The molecule has 1 nitrogen and oxygen atoms in total. The van der Waals surface area contributed by atoms with Crippen molar-refractivity contribution < 1.29 is 9.50 Å². The Bertz CT molecular complexity index is 507. The molecule has 0 aromatic heterocycles. The largest absolute Gasteiger partial charge is 0.383 e. The molecule has 0 fully saturated rings. The highest BCUT2D eigenvalue weighted by molar-refractivity contribution is 9.10. The Morgan fingerprint density at radius 2 is 1.76 bits per heavy atom. The monoisotopic (exact) mass is 314 g/mol. The summed E-state index contributed by atoms with van der Waals surface area (Å²) in [6.45, 7) is 0. The Kier molecular flexibility index (Phi) is 3.82. The molecule has 17 heavy (non-hydrogen) atoms. The van der Waals surface area contributed by atoms with Gasteiger partial charge in [-0.05, 0) is 29.8 Å². The van der Waals surface area contributed by atoms with Crippen molar-refractivity contribution in [3.8, 4) is 0 Å². The van der Waals surface area contributed by atoms with Crippen LogP contribution in [0.4, 0.5) is 4.39 Å². The fraction of sp³-hybridized carbons (Fsp3) is 0.0769. The minimum Gasteiger partial charge on any atom is -0.383 e. The summed E-state index contributed by atoms with van der Waals surface area (Å²) in [6, 6.07) is 11.4. The maximum atomic E-state index is 13.6. The van der Waals surface area contributed by atoms with E-state index in [9.17, 15) is 9.50 Å². The maximum Gasteiger partial charge on any atom is 0.130 e. The number of aliphatic hydroxyl groups is 1. The molecule has 0 radical (unpaired) electrons. The van der Waals surface area contributed by atoms with Crippen molar-refractivity contribution >= 4 is 27.5 Å². The van der Waals surface area contributed by atoms with Crippen LogP contribution in [0.1, 0.15) is 17.2 Å². The van der Waals surface area contributed by atoms with Gasteiger partial charge in [0.05, 0.1) is 0 Å². The molecule has 88 valence electrons. The molecule has 1 N–H and O–H groups in total. The third kappa shape index (κ3) is 2.68. The molecule has 0 spiro atoms. The Balaban J connectivity index is 2.43. The molecular weight excluding hydrogens is 306 g/mol. The normalized spacial score (nSPS) is 12.5. The second kappa shape index (κ2) is 5.17. The van der Waals surface area contributed by atoms with Gasteiger partial charge < -0.3 is 5.11 Å². The topological polar surface area (TPSA) is 20.2 Å². The van der Waals surface area contributed by atoms with Crippen molar-refractivity contribution in [3.05, 3.63) is 68.9 Å². The number of hydrogen-bond donors (Lipinski definition) is 1. The molecule has 4 heteroatoms. The molecule has 2 aromatic rings. The van der Waals surface area contributed by atoms with Gasteiger partial charge in [0.15, 0.2) is 0 Å². The molecule has 0 aliphatic heterocycles. The van der Waals surface area contributed by atoms with E-state index in [4.69, 9.17) is 11.6 Å². The molecule has 2 rings (SSSR count). The van der Waals surface area contributed by atoms with Crippen LogP contribution in [0.5, 0.6) is 0 Å². The average molecular weight is 316 g/mol. The number of benzene rings is 2. The van der Waals surface area contributed by atoms with Crippen LogP contribution in [0.2, 0.25) is 5.02 Å². The summed E-state index contributed by atoms with van der Waals surface area (Å²) in [5, 5.41) is 10.3. The zero-order chi connectivity index (χ0) is 12.4. The molecule has 1 unspecified atom stereocenters. The third-order valence-electron chi connectivity index (χ3n) is 2.46. The predicted molar refractivity (Wildman–Crippen MR) is 69.6 cm³/mol. The number of rotatable bonds is 2. The lowest BCUT2D eigenvalue weighted by Crippen LogP contribution is -2.03. The van der Waals surface area contributed by atoms with E-state index in [1.165, 1.54) is 12.1 Å². The summed E-state index contributed by atoms with van der Waals surface area (Å²) >= 11 is 9.19. The average Bonchev–Trinajstić information content (AvgIpc) is 2.29. The SMILES string of the molecule is OC(c1ccc(Br)cc1)c1c(F)cccc1Cl. The summed E-state index contributed by atoms with van der Waals surface area (Å²) in [7, 11) is 0. The first-order valence-corrected chi connectivity index (χ1v) is 6.14. The fourth-order valence-corrected chi connectivity index (χ4v) is 2.11. The first-order valence-electron chi connectivity index (χ1n) is 4.97. The van der Waals surface area contributed by atoms with Crippen molar-refractivity contribution in [1.29, 1.82) is 0 Å². The fourth-order valence-electron chi connectivity index (χ4n) is 1.58. The molecular formula is C13H9BrClFO. The lowest BCUT2D eigenvalue weighted by atomic mass is 10.0. The number of halogens is 3. The highest BCUT2D eigenvalue weighted by atomic mass is 79.9. The quantitative estimate of drug-likeness (QED) is 0.875. The van der Waals surface area contributed by atoms with E-state index in [0.717, 1.165) is 4.47 Å². The first-order chi connectivity index (χ1) is 8.09. The van der Waals surface area contributed by atoms with Gasteiger partial charge in [0, 0.05) is 15.1 Å². The van der Waals surface area contributed by atoms with Crippen LogP contribution in [0.25, 0.3) is 0 Å². The highest BCUT2D eigenvalue weighted by Gasteiger charge is 2.18. The Hall–Kier alpha value is -0.900. The predicted octanol–water partition coefficient (Wildman–Crippen LogP) is 4.32. The smallest absolute Gasteiger partial charge is 0.130 e. The lowest BCUT2D eigenvalue weighted by molar-refractivity contribution is 0.215. The molecule has 0 amide bonds. The van der Waals surface area contributed by atoms with Crippen LogP contribution in [0.15, 0.2) is 46.9 Å². The van der Waals surface area contributed by atoms with Gasteiger partial charge in [-0.3, -0.25) is 0 Å². The zero-order valence-corrected chi connectivity index (χ0v) is 11.0. The van der Waals surface area contributed by atoms with Crippen LogP contribution in [-0.2, 0) is 0 Å². The second-order valence-corrected chi connectivity index (χ2v) is 4.91. The molecule has 0 aliphatic carbocycles. The van der Waals surface area contributed by atoms with E-state index in [-0.39, 0.29) is 10.6 Å². The standard InChI is InChI=1S/C13H9BrClFO/c14-9-6-4-8(5-7-9)13(17)12-10(15)2-1-3-11(12)16/h1-7,13,17H. The molecule has 1 atom stereocenters. The van der Waals surface area contributed by atoms with Crippen molar-refractivity contribution in [2.75, 3.05) is 0 Å². The van der Waals surface area contributed by atoms with Gasteiger partial charge in [0.1, 0.15) is 11.9 Å². The summed E-state index contributed by atoms with van der Waals surface area (Å²) in [5.74, 6) is -0.507. The van der Waals surface area contributed by atoms with Crippen molar-refractivity contribution in [3.63, 3.8) is 0 Å². The minimum absolute atomic E-state index is 0.108. The van der Waals surface area contributed by atoms with Gasteiger partial charge in [-0.25, -0.2) is 4.39 Å². The summed E-state index contributed by atoms with van der Waals surface area (Å²) in [6.07, 6.45) is -1.06. The van der Waals surface area contributed by atoms with Crippen LogP contribution in [-0.4, -0.2) is 5.11 Å². The molecule has 0 heterocycles. The van der Waals surface area contributed by atoms with Crippen molar-refractivity contribution in [2.45, 2.75) is 6.10 Å². The van der Waals surface area contributed by atoms with E-state index in [0.29, 0.717) is 5.56 Å². The van der Waals surface area contributed by atoms with Crippen LogP contribution < -0.4 is 0 Å². The first kappa shape index (κ1) is 12.6. The van der Waals surface area contributed by atoms with Gasteiger partial charge in [-0.2, -0.15) is 0 Å². The zero-order valence-electron chi connectivity index (χ0n) is 8.70. The van der Waals surface area contributed by atoms with Gasteiger partial charge in [0.25, 0.3) is 0 Å². The van der Waals surface area contributed by atoms with Crippen LogP contribution in [0, 0.1) is 5.82 Å².